The van der Waals surface area contributed by atoms with Crippen LogP contribution in [0.4, 0.5) is 11.4 Å². The molecule has 0 N–H and O–H groups in total. The van der Waals surface area contributed by atoms with Crippen LogP contribution in [0.15, 0.2) is 30.5 Å². The van der Waals surface area contributed by atoms with E-state index in [1.165, 1.54) is 0 Å². The SMILES string of the molecule is C.C1COCCO1.COc1cc(N2CCOc3ccc(O[C@H]4CCN(C(C)=O)C4)cc32)cnc1OC. The predicted octanol–water partition coefficient (Wildman–Crippen LogP) is 3.30. The topological polar surface area (TPSA) is 91.8 Å². The van der Waals surface area contributed by atoms with Gasteiger partial charge < -0.3 is 38.2 Å². The average Bonchev–Trinajstić information content (AvgIpc) is 3.38. The van der Waals surface area contributed by atoms with Crippen molar-refractivity contribution in [1.29, 1.82) is 0 Å². The van der Waals surface area contributed by atoms with E-state index in [2.05, 4.69) is 9.88 Å². The largest absolute Gasteiger partial charge is 0.491 e. The number of likely N-dealkylation sites (tertiary alicyclic amines) is 1. The van der Waals surface area contributed by atoms with E-state index in [0.29, 0.717) is 31.3 Å². The summed E-state index contributed by atoms with van der Waals surface area (Å²) in [5, 5.41) is 0. The van der Waals surface area contributed by atoms with Gasteiger partial charge in [0.1, 0.15) is 24.2 Å². The molecule has 5 rings (SSSR count). The number of benzene rings is 1. The number of pyridine rings is 1. The maximum atomic E-state index is 11.6. The van der Waals surface area contributed by atoms with Crippen molar-refractivity contribution in [3.63, 3.8) is 0 Å². The van der Waals surface area contributed by atoms with Crippen LogP contribution in [0, 0.1) is 0 Å². The second-order valence-corrected chi connectivity index (χ2v) is 8.25. The molecule has 0 saturated carbocycles. The maximum absolute atomic E-state index is 11.6. The number of anilines is 2. The van der Waals surface area contributed by atoms with Crippen molar-refractivity contribution < 1.29 is 33.2 Å². The van der Waals surface area contributed by atoms with Gasteiger partial charge in [0.25, 0.3) is 5.88 Å². The molecule has 198 valence electrons. The summed E-state index contributed by atoms with van der Waals surface area (Å²) in [6.45, 7) is 7.30. The second kappa shape index (κ2) is 13.2. The Morgan fingerprint density at radius 2 is 1.78 bits per heavy atom. The second-order valence-electron chi connectivity index (χ2n) is 8.25. The van der Waals surface area contributed by atoms with Crippen molar-refractivity contribution in [3.05, 3.63) is 30.5 Å². The molecule has 36 heavy (non-hydrogen) atoms. The van der Waals surface area contributed by atoms with E-state index in [4.69, 9.17) is 28.4 Å². The monoisotopic (exact) mass is 503 g/mol. The average molecular weight is 504 g/mol. The normalized spacial score (nSPS) is 18.6. The lowest BCUT2D eigenvalue weighted by Crippen LogP contribution is -2.29. The number of nitrogens with zero attached hydrogens (tertiary/aromatic N) is 3. The first-order valence-corrected chi connectivity index (χ1v) is 11.8. The molecule has 1 aromatic heterocycles. The Labute approximate surface area is 213 Å². The molecule has 0 aliphatic carbocycles. The van der Waals surface area contributed by atoms with Crippen LogP contribution in [0.25, 0.3) is 0 Å². The van der Waals surface area contributed by atoms with Gasteiger partial charge in [-0.25, -0.2) is 4.98 Å². The number of carbonyl (C=O) groups is 1. The number of amides is 1. The summed E-state index contributed by atoms with van der Waals surface area (Å²) in [6.07, 6.45) is 2.58. The summed E-state index contributed by atoms with van der Waals surface area (Å²) in [5.41, 5.74) is 1.79. The summed E-state index contributed by atoms with van der Waals surface area (Å²) < 4.78 is 32.5. The molecule has 10 heteroatoms. The van der Waals surface area contributed by atoms with Gasteiger partial charge in [-0.15, -0.1) is 0 Å². The Hall–Kier alpha value is -3.24. The van der Waals surface area contributed by atoms with Gasteiger partial charge >= 0.3 is 0 Å². The van der Waals surface area contributed by atoms with Crippen LogP contribution >= 0.6 is 0 Å². The van der Waals surface area contributed by atoms with Crippen molar-refractivity contribution in [2.45, 2.75) is 26.9 Å². The fraction of sp³-hybridized carbons (Fsp3) is 0.538. The van der Waals surface area contributed by atoms with Crippen LogP contribution in [0.3, 0.4) is 0 Å². The van der Waals surface area contributed by atoms with Crippen molar-refractivity contribution >= 4 is 17.3 Å². The molecule has 3 aliphatic heterocycles. The van der Waals surface area contributed by atoms with Crippen molar-refractivity contribution in [2.24, 2.45) is 0 Å². The molecule has 2 aromatic rings. The summed E-state index contributed by atoms with van der Waals surface area (Å²) >= 11 is 0. The number of methoxy groups -OCH3 is 2. The molecule has 0 unspecified atom stereocenters. The number of hydrogen-bond acceptors (Lipinski definition) is 9. The lowest BCUT2D eigenvalue weighted by atomic mass is 10.2. The minimum Gasteiger partial charge on any atom is -0.491 e. The van der Waals surface area contributed by atoms with Crippen LogP contribution in [0.2, 0.25) is 0 Å². The smallest absolute Gasteiger partial charge is 0.256 e. The first-order valence-electron chi connectivity index (χ1n) is 11.8. The summed E-state index contributed by atoms with van der Waals surface area (Å²) in [5.74, 6) is 2.64. The molecular formula is C26H37N3O7. The Morgan fingerprint density at radius 1 is 1.03 bits per heavy atom. The fourth-order valence-corrected chi connectivity index (χ4v) is 4.15. The third-order valence-corrected chi connectivity index (χ3v) is 5.96. The number of carbonyl (C=O) groups excluding carboxylic acids is 1. The van der Waals surface area contributed by atoms with E-state index in [1.54, 1.807) is 27.3 Å². The lowest BCUT2D eigenvalue weighted by molar-refractivity contribution is -0.128. The Balaban J connectivity index is 0.000000453. The number of rotatable bonds is 5. The quantitative estimate of drug-likeness (QED) is 0.609. The van der Waals surface area contributed by atoms with Crippen LogP contribution < -0.4 is 23.8 Å². The zero-order chi connectivity index (χ0) is 24.6. The van der Waals surface area contributed by atoms with Gasteiger partial charge in [0.15, 0.2) is 5.75 Å². The number of ether oxygens (including phenoxy) is 6. The molecule has 3 aliphatic rings. The Bertz CT molecular complexity index is 988. The maximum Gasteiger partial charge on any atom is 0.256 e. The molecular weight excluding hydrogens is 466 g/mol. The summed E-state index contributed by atoms with van der Waals surface area (Å²) in [4.78, 5) is 19.8. The molecule has 1 atom stereocenters. The van der Waals surface area contributed by atoms with E-state index >= 15 is 0 Å². The first kappa shape index (κ1) is 27.3. The third-order valence-electron chi connectivity index (χ3n) is 5.96. The molecule has 2 saturated heterocycles. The van der Waals surface area contributed by atoms with Gasteiger partial charge in [0.05, 0.1) is 71.3 Å². The highest BCUT2D eigenvalue weighted by Gasteiger charge is 2.27. The summed E-state index contributed by atoms with van der Waals surface area (Å²) in [7, 11) is 3.16. The lowest BCUT2D eigenvalue weighted by Gasteiger charge is -2.31. The predicted molar refractivity (Wildman–Crippen MR) is 136 cm³/mol. The molecule has 1 aromatic carbocycles. The minimum absolute atomic E-state index is 0. The molecule has 2 fully saturated rings. The van der Waals surface area contributed by atoms with E-state index < -0.39 is 0 Å². The van der Waals surface area contributed by atoms with Crippen LogP contribution in [0.5, 0.6) is 23.1 Å². The van der Waals surface area contributed by atoms with Gasteiger partial charge in [-0.05, 0) is 12.1 Å². The van der Waals surface area contributed by atoms with Gasteiger partial charge in [0.2, 0.25) is 5.91 Å². The zero-order valence-corrected chi connectivity index (χ0v) is 20.5. The van der Waals surface area contributed by atoms with Crippen LogP contribution in [-0.4, -0.2) is 88.8 Å². The molecule has 4 heterocycles. The van der Waals surface area contributed by atoms with Gasteiger partial charge in [-0.1, -0.05) is 7.43 Å². The summed E-state index contributed by atoms with van der Waals surface area (Å²) in [6, 6.07) is 7.70. The Kier molecular flexibility index (Phi) is 10.0. The van der Waals surface area contributed by atoms with Crippen molar-refractivity contribution in [1.82, 2.24) is 9.88 Å². The molecule has 0 bridgehead atoms. The highest BCUT2D eigenvalue weighted by Crippen LogP contribution is 2.41. The first-order chi connectivity index (χ1) is 17.1. The van der Waals surface area contributed by atoms with Crippen LogP contribution in [-0.2, 0) is 14.3 Å². The fourth-order valence-electron chi connectivity index (χ4n) is 4.15. The molecule has 0 spiro atoms. The molecule has 10 nitrogen and oxygen atoms in total. The van der Waals surface area contributed by atoms with E-state index in [9.17, 15) is 4.79 Å². The van der Waals surface area contributed by atoms with Crippen LogP contribution in [0.1, 0.15) is 20.8 Å². The highest BCUT2D eigenvalue weighted by atomic mass is 16.6. The number of fused-ring (bicyclic) bond motifs is 1. The van der Waals surface area contributed by atoms with Crippen molar-refractivity contribution in [2.75, 3.05) is 71.8 Å². The van der Waals surface area contributed by atoms with Gasteiger partial charge in [-0.2, -0.15) is 0 Å². The Morgan fingerprint density at radius 3 is 2.39 bits per heavy atom. The van der Waals surface area contributed by atoms with E-state index in [-0.39, 0.29) is 19.4 Å². The van der Waals surface area contributed by atoms with Gasteiger partial charge in [-0.3, -0.25) is 4.79 Å². The van der Waals surface area contributed by atoms with E-state index in [0.717, 1.165) is 62.3 Å². The molecule has 0 radical (unpaired) electrons. The zero-order valence-electron chi connectivity index (χ0n) is 20.5. The number of hydrogen-bond donors (Lipinski definition) is 0. The van der Waals surface area contributed by atoms with E-state index in [1.807, 2.05) is 29.2 Å². The molecule has 1 amide bonds. The van der Waals surface area contributed by atoms with Gasteiger partial charge in [0, 0.05) is 32.0 Å². The standard InChI is InChI=1S/C21H25N3O5.C4H8O2.CH4/c1-14(25)23-7-6-17(13-23)29-16-4-5-19-18(11-16)24(8-9-28-19)15-10-20(26-2)21(27-3)22-12-15;1-2-6-4-3-5-1;/h4-5,10-12,17H,6-9,13H2,1-3H3;1-4H2;1H4/t17-;;/m0../s1. The third kappa shape index (κ3) is 6.70. The van der Waals surface area contributed by atoms with Crippen molar-refractivity contribution in [3.8, 4) is 23.1 Å². The minimum atomic E-state index is -0.00217. The number of aromatic nitrogens is 1. The highest BCUT2D eigenvalue weighted by molar-refractivity contribution is 5.74.